The molecule has 2 N–H and O–H groups in total. The third-order valence-corrected chi connectivity index (χ3v) is 3.65. The summed E-state index contributed by atoms with van der Waals surface area (Å²) in [5.74, 6) is -1.82. The molecule has 124 valence electrons. The summed E-state index contributed by atoms with van der Waals surface area (Å²) in [4.78, 5) is 16.4. The predicted molar refractivity (Wildman–Crippen MR) is 88.7 cm³/mol. The van der Waals surface area contributed by atoms with Crippen LogP contribution >= 0.6 is 0 Å². The van der Waals surface area contributed by atoms with E-state index in [4.69, 9.17) is 0 Å². The fourth-order valence-corrected chi connectivity index (χ4v) is 2.47. The topological polar surface area (TPSA) is 75.1 Å². The van der Waals surface area contributed by atoms with E-state index in [1.807, 2.05) is 30.3 Å². The molecule has 0 aliphatic heterocycles. The third kappa shape index (κ3) is 2.74. The van der Waals surface area contributed by atoms with E-state index in [1.165, 1.54) is 10.5 Å². The lowest BCUT2D eigenvalue weighted by Crippen LogP contribution is -2.14. The molecule has 0 unspecified atom stereocenters. The Hall–Kier alpha value is -3.55. The Bertz CT molecular complexity index is 1120. The fraction of sp³-hybridized carbons (Fsp3) is 0. The quantitative estimate of drug-likeness (QED) is 0.601. The number of nitrogens with one attached hydrogen (secondary N) is 2. The zero-order valence-corrected chi connectivity index (χ0v) is 12.7. The van der Waals surface area contributed by atoms with Gasteiger partial charge in [-0.05, 0) is 12.1 Å². The zero-order valence-electron chi connectivity index (χ0n) is 12.7. The first-order chi connectivity index (χ1) is 12.1. The van der Waals surface area contributed by atoms with E-state index < -0.39 is 17.3 Å². The molecule has 0 saturated carbocycles. The first kappa shape index (κ1) is 15.0. The maximum atomic E-state index is 13.4. The second-order valence-electron chi connectivity index (χ2n) is 5.31. The first-order valence-corrected chi connectivity index (χ1v) is 7.37. The second-order valence-corrected chi connectivity index (χ2v) is 5.31. The van der Waals surface area contributed by atoms with Gasteiger partial charge < -0.3 is 5.32 Å². The van der Waals surface area contributed by atoms with Crippen molar-refractivity contribution in [2.24, 2.45) is 0 Å². The summed E-state index contributed by atoms with van der Waals surface area (Å²) < 4.78 is 27.8. The van der Waals surface area contributed by atoms with Gasteiger partial charge in [0.1, 0.15) is 0 Å². The Balaban J connectivity index is 1.87. The van der Waals surface area contributed by atoms with Gasteiger partial charge in [0.15, 0.2) is 17.3 Å². The lowest BCUT2D eigenvalue weighted by atomic mass is 10.1. The van der Waals surface area contributed by atoms with Gasteiger partial charge in [-0.2, -0.15) is 5.10 Å². The van der Waals surface area contributed by atoms with Crippen molar-refractivity contribution in [1.29, 1.82) is 0 Å². The molecule has 2 aromatic heterocycles. The van der Waals surface area contributed by atoms with Gasteiger partial charge in [0.2, 0.25) is 5.95 Å². The number of hydrogen-bond acceptors (Lipinski definition) is 4. The summed E-state index contributed by atoms with van der Waals surface area (Å²) in [6.07, 6.45) is 0. The van der Waals surface area contributed by atoms with Crippen molar-refractivity contribution in [3.8, 4) is 11.3 Å². The number of rotatable bonds is 3. The van der Waals surface area contributed by atoms with Crippen molar-refractivity contribution in [2.45, 2.75) is 0 Å². The fourth-order valence-electron chi connectivity index (χ4n) is 2.47. The Morgan fingerprint density at radius 3 is 2.56 bits per heavy atom. The van der Waals surface area contributed by atoms with Gasteiger partial charge >= 0.3 is 5.69 Å². The van der Waals surface area contributed by atoms with Crippen molar-refractivity contribution >= 4 is 17.3 Å². The minimum absolute atomic E-state index is 0.140. The summed E-state index contributed by atoms with van der Waals surface area (Å²) in [5.41, 5.74) is 1.52. The molecule has 4 rings (SSSR count). The normalized spacial score (nSPS) is 11.0. The van der Waals surface area contributed by atoms with Crippen molar-refractivity contribution in [3.05, 3.63) is 76.7 Å². The van der Waals surface area contributed by atoms with Crippen molar-refractivity contribution in [1.82, 2.24) is 19.6 Å². The smallest absolute Gasteiger partial charge is 0.325 e. The number of nitrogens with zero attached hydrogens (tertiary/aromatic N) is 3. The second kappa shape index (κ2) is 5.82. The molecule has 0 saturated heterocycles. The van der Waals surface area contributed by atoms with Crippen LogP contribution in [0.5, 0.6) is 0 Å². The molecule has 25 heavy (non-hydrogen) atoms. The summed E-state index contributed by atoms with van der Waals surface area (Å²) in [7, 11) is 0. The average molecular weight is 339 g/mol. The monoisotopic (exact) mass is 339 g/mol. The van der Waals surface area contributed by atoms with Gasteiger partial charge in [-0.3, -0.25) is 0 Å². The van der Waals surface area contributed by atoms with Crippen LogP contribution in [0.4, 0.5) is 20.4 Å². The van der Waals surface area contributed by atoms with E-state index >= 15 is 0 Å². The van der Waals surface area contributed by atoms with Gasteiger partial charge in [-0.25, -0.2) is 28.1 Å². The molecular formula is C17H11F2N5O. The van der Waals surface area contributed by atoms with E-state index in [9.17, 15) is 13.6 Å². The number of H-pyrrole nitrogens is 1. The zero-order chi connectivity index (χ0) is 17.4. The Labute approximate surface area is 139 Å². The molecule has 0 atom stereocenters. The Morgan fingerprint density at radius 2 is 1.80 bits per heavy atom. The molecule has 0 radical (unpaired) electrons. The number of fused-ring (bicyclic) bond motifs is 1. The van der Waals surface area contributed by atoms with E-state index in [-0.39, 0.29) is 11.6 Å². The maximum Gasteiger partial charge on any atom is 0.350 e. The highest BCUT2D eigenvalue weighted by molar-refractivity contribution is 5.67. The van der Waals surface area contributed by atoms with Crippen LogP contribution in [0.2, 0.25) is 0 Å². The number of aromatic nitrogens is 4. The largest absolute Gasteiger partial charge is 0.350 e. The number of aromatic amines is 1. The van der Waals surface area contributed by atoms with Crippen LogP contribution in [-0.4, -0.2) is 19.6 Å². The number of hydrogen-bond donors (Lipinski definition) is 2. The number of halogens is 2. The molecule has 6 nitrogen and oxygen atoms in total. The van der Waals surface area contributed by atoms with Crippen molar-refractivity contribution < 1.29 is 8.78 Å². The van der Waals surface area contributed by atoms with Gasteiger partial charge in [0, 0.05) is 23.4 Å². The summed E-state index contributed by atoms with van der Waals surface area (Å²) in [5, 5.41) is 9.13. The van der Waals surface area contributed by atoms with Crippen LogP contribution in [0, 0.1) is 11.6 Å². The number of benzene rings is 2. The highest BCUT2D eigenvalue weighted by Gasteiger charge is 2.12. The minimum atomic E-state index is -1.00. The molecule has 0 aliphatic carbocycles. The highest BCUT2D eigenvalue weighted by atomic mass is 19.2. The molecule has 0 spiro atoms. The summed E-state index contributed by atoms with van der Waals surface area (Å²) in [6.45, 7) is 0. The van der Waals surface area contributed by atoms with Crippen LogP contribution < -0.4 is 11.0 Å². The van der Waals surface area contributed by atoms with Crippen molar-refractivity contribution in [3.63, 3.8) is 0 Å². The minimum Gasteiger partial charge on any atom is -0.325 e. The van der Waals surface area contributed by atoms with E-state index in [1.54, 1.807) is 6.07 Å². The molecule has 4 aromatic rings. The van der Waals surface area contributed by atoms with Gasteiger partial charge in [-0.1, -0.05) is 30.3 Å². The van der Waals surface area contributed by atoms with Crippen LogP contribution in [0.1, 0.15) is 0 Å². The van der Waals surface area contributed by atoms with E-state index in [0.717, 1.165) is 17.7 Å². The Morgan fingerprint density at radius 1 is 1.00 bits per heavy atom. The van der Waals surface area contributed by atoms with Gasteiger partial charge in [-0.15, -0.1) is 0 Å². The van der Waals surface area contributed by atoms with Crippen LogP contribution in [-0.2, 0) is 0 Å². The lowest BCUT2D eigenvalue weighted by Gasteiger charge is -2.10. The SMILES string of the molecule is O=c1[nH]nc2cc(-c3ccccc3)nc(Nc3ccc(F)c(F)c3)n12. The summed E-state index contributed by atoms with van der Waals surface area (Å²) >= 11 is 0. The highest BCUT2D eigenvalue weighted by Crippen LogP contribution is 2.23. The molecule has 0 amide bonds. The van der Waals surface area contributed by atoms with Gasteiger partial charge in [0.25, 0.3) is 0 Å². The molecule has 8 heteroatoms. The third-order valence-electron chi connectivity index (χ3n) is 3.65. The Kier molecular flexibility index (Phi) is 3.50. The molecule has 2 heterocycles. The predicted octanol–water partition coefficient (Wildman–Crippen LogP) is 3.11. The van der Waals surface area contributed by atoms with E-state index in [0.29, 0.717) is 11.3 Å². The lowest BCUT2D eigenvalue weighted by molar-refractivity contribution is 0.509. The van der Waals surface area contributed by atoms with E-state index in [2.05, 4.69) is 20.5 Å². The maximum absolute atomic E-state index is 13.4. The van der Waals surface area contributed by atoms with Crippen LogP contribution in [0.25, 0.3) is 16.9 Å². The van der Waals surface area contributed by atoms with Crippen LogP contribution in [0.15, 0.2) is 59.4 Å². The molecular weight excluding hydrogens is 328 g/mol. The van der Waals surface area contributed by atoms with Gasteiger partial charge in [0.05, 0.1) is 5.69 Å². The standard InChI is InChI=1S/C17H11F2N5O/c18-12-7-6-11(8-13(12)19)20-16-21-14(10-4-2-1-3-5-10)9-15-22-23-17(25)24(15)16/h1-9H,(H,20,21)(H,23,25). The van der Waals surface area contributed by atoms with Crippen molar-refractivity contribution in [2.75, 3.05) is 5.32 Å². The first-order valence-electron chi connectivity index (χ1n) is 7.37. The van der Waals surface area contributed by atoms with Crippen LogP contribution in [0.3, 0.4) is 0 Å². The number of anilines is 2. The summed E-state index contributed by atoms with van der Waals surface area (Å²) in [6, 6.07) is 14.3. The molecule has 2 aromatic carbocycles. The molecule has 0 fully saturated rings. The molecule has 0 aliphatic rings. The average Bonchev–Trinajstić information content (AvgIpc) is 3.00. The molecule has 0 bridgehead atoms.